The highest BCUT2D eigenvalue weighted by Crippen LogP contribution is 2.18. The average molecular weight is 276 g/mol. The van der Waals surface area contributed by atoms with E-state index in [1.165, 1.54) is 5.56 Å². The lowest BCUT2D eigenvalue weighted by molar-refractivity contribution is 0.973. The van der Waals surface area contributed by atoms with Gasteiger partial charge in [-0.3, -0.25) is 9.36 Å². The van der Waals surface area contributed by atoms with Crippen LogP contribution in [0.3, 0.4) is 0 Å². The first-order valence-electron chi connectivity index (χ1n) is 5.79. The molecular weight excluding hydrogens is 262 g/mol. The van der Waals surface area contributed by atoms with Crippen molar-refractivity contribution in [3.63, 3.8) is 0 Å². The Labute approximate surface area is 116 Å². The van der Waals surface area contributed by atoms with Crippen LogP contribution in [0.5, 0.6) is 0 Å². The maximum Gasteiger partial charge on any atom is 0.277 e. The largest absolute Gasteiger partial charge is 0.357 e. The van der Waals surface area contributed by atoms with E-state index in [-0.39, 0.29) is 18.0 Å². The summed E-state index contributed by atoms with van der Waals surface area (Å²) in [6.45, 7) is 3.77. The number of fused-ring (bicyclic) bond motifs is 1. The highest BCUT2D eigenvalue weighted by Gasteiger charge is 2.11. The monoisotopic (exact) mass is 275 g/mol. The van der Waals surface area contributed by atoms with E-state index in [1.54, 1.807) is 23.9 Å². The summed E-state index contributed by atoms with van der Waals surface area (Å²) < 4.78 is 1.57. The molecular formula is C14H14ClN3O. The van der Waals surface area contributed by atoms with E-state index in [0.717, 1.165) is 11.3 Å². The Kier molecular flexibility index (Phi) is 3.44. The number of nitrogens with zero attached hydrogens (tertiary/aromatic N) is 2. The van der Waals surface area contributed by atoms with Crippen LogP contribution in [0, 0.1) is 13.8 Å². The summed E-state index contributed by atoms with van der Waals surface area (Å²) in [4.78, 5) is 19.2. The van der Waals surface area contributed by atoms with Gasteiger partial charge in [-0.15, -0.1) is 12.4 Å². The first-order chi connectivity index (χ1) is 8.65. The zero-order valence-electron chi connectivity index (χ0n) is 10.7. The lowest BCUT2D eigenvalue weighted by Gasteiger charge is -2.06. The van der Waals surface area contributed by atoms with Crippen LogP contribution in [0.4, 0.5) is 0 Å². The molecule has 0 fully saturated rings. The van der Waals surface area contributed by atoms with Crippen LogP contribution in [0.15, 0.2) is 41.5 Å². The standard InChI is InChI=1S/C14H13N3O.ClH/c1-9-3-5-11(6-4-9)12-8-17-13(7-15-12)16-10(2)14(17)18;/h3-8,15H,1-2H3;1H. The highest BCUT2D eigenvalue weighted by molar-refractivity contribution is 5.85. The third-order valence-corrected chi connectivity index (χ3v) is 3.03. The maximum atomic E-state index is 11.9. The molecule has 0 radical (unpaired) electrons. The first-order valence-corrected chi connectivity index (χ1v) is 5.79. The van der Waals surface area contributed by atoms with Gasteiger partial charge in [0.1, 0.15) is 5.69 Å². The van der Waals surface area contributed by atoms with Gasteiger partial charge < -0.3 is 4.98 Å². The fourth-order valence-corrected chi connectivity index (χ4v) is 1.98. The van der Waals surface area contributed by atoms with E-state index < -0.39 is 0 Å². The zero-order chi connectivity index (χ0) is 12.7. The predicted octanol–water partition coefficient (Wildman–Crippen LogP) is 2.70. The van der Waals surface area contributed by atoms with Crippen molar-refractivity contribution in [2.45, 2.75) is 13.8 Å². The van der Waals surface area contributed by atoms with Gasteiger partial charge in [-0.1, -0.05) is 29.8 Å². The topological polar surface area (TPSA) is 50.7 Å². The molecule has 1 aromatic carbocycles. The van der Waals surface area contributed by atoms with Crippen molar-refractivity contribution >= 4 is 12.4 Å². The van der Waals surface area contributed by atoms with Crippen LogP contribution in [-0.2, 0) is 0 Å². The minimum atomic E-state index is -0.0626. The van der Waals surface area contributed by atoms with Crippen LogP contribution in [0.25, 0.3) is 17.1 Å². The van der Waals surface area contributed by atoms with Crippen LogP contribution < -0.4 is 5.56 Å². The minimum absolute atomic E-state index is 0. The number of nitrogens with one attached hydrogen (secondary N) is 1. The Morgan fingerprint density at radius 2 is 1.84 bits per heavy atom. The van der Waals surface area contributed by atoms with Crippen molar-refractivity contribution in [2.75, 3.05) is 0 Å². The first kappa shape index (κ1) is 13.4. The molecule has 19 heavy (non-hydrogen) atoms. The van der Waals surface area contributed by atoms with Gasteiger partial charge in [0.25, 0.3) is 5.56 Å². The molecule has 0 atom stereocenters. The van der Waals surface area contributed by atoms with Gasteiger partial charge in [-0.05, 0) is 19.4 Å². The Bertz CT molecular complexity index is 727. The second kappa shape index (κ2) is 4.90. The number of H-pyrrole nitrogens is 1. The molecule has 1 N–H and O–H groups in total. The number of hydrogen-bond acceptors (Lipinski definition) is 2. The number of imidazole rings is 1. The molecule has 0 amide bonds. The Hall–Kier alpha value is -2.07. The van der Waals surface area contributed by atoms with E-state index in [4.69, 9.17) is 0 Å². The second-order valence-corrected chi connectivity index (χ2v) is 4.43. The SMILES string of the molecule is Cc1ccc(-c2cn3c(=O)c(C)nc-3c[nH]2)cc1.Cl. The van der Waals surface area contributed by atoms with Crippen molar-refractivity contribution in [1.82, 2.24) is 14.5 Å². The molecule has 0 aliphatic carbocycles. The molecule has 0 aromatic heterocycles. The van der Waals surface area contributed by atoms with Crippen molar-refractivity contribution in [3.05, 3.63) is 58.3 Å². The van der Waals surface area contributed by atoms with E-state index in [0.29, 0.717) is 11.5 Å². The molecule has 0 saturated heterocycles. The summed E-state index contributed by atoms with van der Waals surface area (Å²) in [5.74, 6) is 0.647. The quantitative estimate of drug-likeness (QED) is 0.742. The van der Waals surface area contributed by atoms with Crippen molar-refractivity contribution in [3.8, 4) is 17.1 Å². The molecule has 5 heteroatoms. The van der Waals surface area contributed by atoms with Gasteiger partial charge in [0.15, 0.2) is 5.82 Å². The number of aromatic nitrogens is 3. The molecule has 98 valence electrons. The number of rotatable bonds is 1. The molecule has 2 heterocycles. The van der Waals surface area contributed by atoms with Gasteiger partial charge in [-0.25, -0.2) is 4.98 Å². The fraction of sp³-hybridized carbons (Fsp3) is 0.143. The molecule has 3 rings (SSSR count). The van der Waals surface area contributed by atoms with Gasteiger partial charge in [0.2, 0.25) is 0 Å². The summed E-state index contributed by atoms with van der Waals surface area (Å²) in [6.07, 6.45) is 3.55. The molecule has 0 spiro atoms. The lowest BCUT2D eigenvalue weighted by atomic mass is 10.1. The minimum Gasteiger partial charge on any atom is -0.357 e. The van der Waals surface area contributed by atoms with Gasteiger partial charge >= 0.3 is 0 Å². The summed E-state index contributed by atoms with van der Waals surface area (Å²) in [5.41, 5.74) is 3.62. The summed E-state index contributed by atoms with van der Waals surface area (Å²) >= 11 is 0. The van der Waals surface area contributed by atoms with Gasteiger partial charge in [0.05, 0.1) is 5.69 Å². The number of hydrogen-bond donors (Lipinski definition) is 1. The van der Waals surface area contributed by atoms with E-state index in [9.17, 15) is 4.79 Å². The number of benzene rings is 1. The maximum absolute atomic E-state index is 11.9. The summed E-state index contributed by atoms with van der Waals surface area (Å²) in [7, 11) is 0. The fourth-order valence-electron chi connectivity index (χ4n) is 1.98. The van der Waals surface area contributed by atoms with Crippen molar-refractivity contribution in [2.24, 2.45) is 0 Å². The molecule has 0 saturated carbocycles. The normalized spacial score (nSPS) is 10.4. The van der Waals surface area contributed by atoms with Crippen LogP contribution in [0.1, 0.15) is 11.3 Å². The summed E-state index contributed by atoms with van der Waals surface area (Å²) in [6, 6.07) is 8.15. The third kappa shape index (κ3) is 2.27. The van der Waals surface area contributed by atoms with E-state index in [2.05, 4.69) is 9.97 Å². The van der Waals surface area contributed by atoms with Crippen LogP contribution in [-0.4, -0.2) is 14.5 Å². The lowest BCUT2D eigenvalue weighted by Crippen LogP contribution is -2.13. The number of aromatic amines is 1. The molecule has 2 aliphatic rings. The van der Waals surface area contributed by atoms with E-state index in [1.807, 2.05) is 31.2 Å². The molecule has 2 aliphatic heterocycles. The predicted molar refractivity (Wildman–Crippen MR) is 77.5 cm³/mol. The Morgan fingerprint density at radius 3 is 2.53 bits per heavy atom. The molecule has 0 bridgehead atoms. The van der Waals surface area contributed by atoms with Crippen LogP contribution in [0.2, 0.25) is 0 Å². The molecule has 0 unspecified atom stereocenters. The Balaban J connectivity index is 0.00000133. The van der Waals surface area contributed by atoms with E-state index >= 15 is 0 Å². The van der Waals surface area contributed by atoms with Crippen LogP contribution >= 0.6 is 12.4 Å². The van der Waals surface area contributed by atoms with Gasteiger partial charge in [-0.2, -0.15) is 0 Å². The van der Waals surface area contributed by atoms with Crippen molar-refractivity contribution < 1.29 is 0 Å². The highest BCUT2D eigenvalue weighted by atomic mass is 35.5. The average Bonchev–Trinajstić information content (AvgIpc) is 2.66. The smallest absolute Gasteiger partial charge is 0.277 e. The second-order valence-electron chi connectivity index (χ2n) is 4.43. The number of aryl methyl sites for hydroxylation is 2. The molecule has 4 nitrogen and oxygen atoms in total. The number of halogens is 1. The summed E-state index contributed by atoms with van der Waals surface area (Å²) in [5, 5.41) is 0. The van der Waals surface area contributed by atoms with Gasteiger partial charge in [0, 0.05) is 12.4 Å². The van der Waals surface area contributed by atoms with Crippen molar-refractivity contribution in [1.29, 1.82) is 0 Å². The zero-order valence-corrected chi connectivity index (χ0v) is 11.5. The molecule has 1 aromatic rings. The third-order valence-electron chi connectivity index (χ3n) is 3.03. The Morgan fingerprint density at radius 1 is 1.16 bits per heavy atom.